The van der Waals surface area contributed by atoms with E-state index in [1.165, 1.54) is 13.1 Å². The van der Waals surface area contributed by atoms with Crippen LogP contribution in [0.3, 0.4) is 0 Å². The fourth-order valence-corrected chi connectivity index (χ4v) is 0.773. The second-order valence-corrected chi connectivity index (χ2v) is 2.88. The summed E-state index contributed by atoms with van der Waals surface area (Å²) in [5, 5.41) is 2.77. The Morgan fingerprint density at radius 3 is 2.73 bits per heavy atom. The monoisotopic (exact) mass is 154 g/mol. The van der Waals surface area contributed by atoms with Crippen LogP contribution in [0, 0.1) is 0 Å². The molecule has 1 N–H and O–H groups in total. The molecule has 1 heterocycles. The summed E-state index contributed by atoms with van der Waals surface area (Å²) in [6, 6.07) is 0. The van der Waals surface area contributed by atoms with E-state index in [4.69, 9.17) is 0 Å². The minimum absolute atomic E-state index is 0.0353. The molecule has 1 aliphatic heterocycles. The molecule has 1 amide bonds. The van der Waals surface area contributed by atoms with E-state index in [1.807, 2.05) is 0 Å². The first kappa shape index (κ1) is 8.27. The first-order chi connectivity index (χ1) is 5.20. The minimum atomic E-state index is -0.0353. The Hall–Kier alpha value is -0.830. The molecule has 0 radical (unpaired) electrons. The van der Waals surface area contributed by atoms with Gasteiger partial charge in [-0.15, -0.1) is 0 Å². The van der Waals surface area contributed by atoms with E-state index in [0.717, 1.165) is 13.1 Å². The van der Waals surface area contributed by atoms with Crippen molar-refractivity contribution in [2.24, 2.45) is 0 Å². The topological polar surface area (TPSA) is 32.1 Å². The Bertz CT molecular complexity index is 173. The van der Waals surface area contributed by atoms with Crippen molar-refractivity contribution in [1.29, 1.82) is 0 Å². The molecule has 0 atom stereocenters. The number of carbonyl (C=O) groups excluding carboxylic acids is 1. The predicted molar refractivity (Wildman–Crippen MR) is 44.3 cm³/mol. The van der Waals surface area contributed by atoms with E-state index in [2.05, 4.69) is 16.8 Å². The van der Waals surface area contributed by atoms with Crippen molar-refractivity contribution < 1.29 is 4.79 Å². The van der Waals surface area contributed by atoms with Crippen LogP contribution in [0.4, 0.5) is 0 Å². The van der Waals surface area contributed by atoms with E-state index in [9.17, 15) is 4.79 Å². The molecule has 62 valence electrons. The van der Waals surface area contributed by atoms with Crippen molar-refractivity contribution in [3.05, 3.63) is 12.2 Å². The van der Waals surface area contributed by atoms with Gasteiger partial charge in [-0.2, -0.15) is 0 Å². The highest BCUT2D eigenvalue weighted by Gasteiger charge is 2.15. The quantitative estimate of drug-likeness (QED) is 0.456. The van der Waals surface area contributed by atoms with Gasteiger partial charge in [0, 0.05) is 31.8 Å². The van der Waals surface area contributed by atoms with Crippen LogP contribution in [0.15, 0.2) is 12.2 Å². The summed E-state index contributed by atoms with van der Waals surface area (Å²) in [5.41, 5.74) is 0.579. The molecular formula is C8H14N2O. The fourth-order valence-electron chi connectivity index (χ4n) is 0.773. The second kappa shape index (κ2) is 3.53. The molecule has 3 nitrogen and oxygen atoms in total. The number of nitrogens with zero attached hydrogens (tertiary/aromatic N) is 1. The van der Waals surface area contributed by atoms with Crippen molar-refractivity contribution in [2.45, 2.75) is 6.92 Å². The third kappa shape index (κ3) is 3.18. The lowest BCUT2D eigenvalue weighted by Gasteiger charge is -2.03. The maximum Gasteiger partial charge on any atom is 0.246 e. The van der Waals surface area contributed by atoms with Gasteiger partial charge < -0.3 is 5.32 Å². The van der Waals surface area contributed by atoms with E-state index in [1.54, 1.807) is 6.92 Å². The van der Waals surface area contributed by atoms with Crippen LogP contribution in [-0.4, -0.2) is 37.0 Å². The third-order valence-corrected chi connectivity index (χ3v) is 1.64. The zero-order chi connectivity index (χ0) is 8.27. The molecule has 1 rings (SSSR count). The van der Waals surface area contributed by atoms with E-state index in [0.29, 0.717) is 5.57 Å². The third-order valence-electron chi connectivity index (χ3n) is 1.64. The molecule has 11 heavy (non-hydrogen) atoms. The maximum absolute atomic E-state index is 10.9. The van der Waals surface area contributed by atoms with Crippen LogP contribution in [0.25, 0.3) is 0 Å². The van der Waals surface area contributed by atoms with Gasteiger partial charge in [-0.05, 0) is 6.92 Å². The summed E-state index contributed by atoms with van der Waals surface area (Å²) in [4.78, 5) is 13.2. The predicted octanol–water partition coefficient (Wildman–Crippen LogP) is -0.00570. The van der Waals surface area contributed by atoms with E-state index < -0.39 is 0 Å². The maximum atomic E-state index is 10.9. The van der Waals surface area contributed by atoms with Gasteiger partial charge >= 0.3 is 0 Å². The Kier molecular flexibility index (Phi) is 2.65. The molecule has 0 aliphatic carbocycles. The summed E-state index contributed by atoms with van der Waals surface area (Å²) in [5.74, 6) is -0.0353. The average molecular weight is 154 g/mol. The molecular weight excluding hydrogens is 140 g/mol. The largest absolute Gasteiger partial charge is 0.351 e. The number of hydrogen-bond acceptors (Lipinski definition) is 2. The number of nitrogens with one attached hydrogen (secondary N) is 1. The lowest BCUT2D eigenvalue weighted by atomic mass is 10.3. The summed E-state index contributed by atoms with van der Waals surface area (Å²) in [7, 11) is 0. The average Bonchev–Trinajstić information content (AvgIpc) is 2.71. The van der Waals surface area contributed by atoms with Gasteiger partial charge in [-0.25, -0.2) is 0 Å². The lowest BCUT2D eigenvalue weighted by Crippen LogP contribution is -2.28. The Morgan fingerprint density at radius 1 is 1.64 bits per heavy atom. The van der Waals surface area contributed by atoms with Crippen molar-refractivity contribution in [1.82, 2.24) is 10.2 Å². The summed E-state index contributed by atoms with van der Waals surface area (Å²) >= 11 is 0. The first-order valence-electron chi connectivity index (χ1n) is 3.86. The van der Waals surface area contributed by atoms with Gasteiger partial charge in [0.25, 0.3) is 0 Å². The van der Waals surface area contributed by atoms with Crippen molar-refractivity contribution in [3.63, 3.8) is 0 Å². The number of rotatable bonds is 4. The van der Waals surface area contributed by atoms with Gasteiger partial charge in [0.1, 0.15) is 0 Å². The van der Waals surface area contributed by atoms with Crippen LogP contribution in [0.2, 0.25) is 0 Å². The van der Waals surface area contributed by atoms with Crippen LogP contribution < -0.4 is 5.32 Å². The van der Waals surface area contributed by atoms with Crippen LogP contribution >= 0.6 is 0 Å². The van der Waals surface area contributed by atoms with Gasteiger partial charge in [0.2, 0.25) is 5.91 Å². The zero-order valence-electron chi connectivity index (χ0n) is 6.89. The molecule has 0 aromatic carbocycles. The molecule has 3 heteroatoms. The highest BCUT2D eigenvalue weighted by Crippen LogP contribution is 1.99. The smallest absolute Gasteiger partial charge is 0.246 e. The molecule has 0 unspecified atom stereocenters. The molecule has 0 spiro atoms. The Labute approximate surface area is 67.1 Å². The molecule has 1 aliphatic rings. The Morgan fingerprint density at radius 2 is 2.27 bits per heavy atom. The van der Waals surface area contributed by atoms with E-state index >= 15 is 0 Å². The lowest BCUT2D eigenvalue weighted by molar-refractivity contribution is -0.117. The summed E-state index contributed by atoms with van der Waals surface area (Å²) in [6.45, 7) is 9.34. The SMILES string of the molecule is C=C(C)C(=O)NCCN1CC1. The van der Waals surface area contributed by atoms with Gasteiger partial charge in [0.15, 0.2) is 0 Å². The highest BCUT2D eigenvalue weighted by atomic mass is 16.1. The molecule has 1 saturated heterocycles. The summed E-state index contributed by atoms with van der Waals surface area (Å²) < 4.78 is 0. The molecule has 0 aromatic rings. The molecule has 0 saturated carbocycles. The van der Waals surface area contributed by atoms with Gasteiger partial charge in [-0.3, -0.25) is 9.69 Å². The second-order valence-electron chi connectivity index (χ2n) is 2.88. The number of carbonyl (C=O) groups is 1. The van der Waals surface area contributed by atoms with Crippen molar-refractivity contribution in [3.8, 4) is 0 Å². The Balaban J connectivity index is 2.01. The van der Waals surface area contributed by atoms with E-state index in [-0.39, 0.29) is 5.91 Å². The molecule has 0 aromatic heterocycles. The highest BCUT2D eigenvalue weighted by molar-refractivity contribution is 5.92. The van der Waals surface area contributed by atoms with Gasteiger partial charge in [0.05, 0.1) is 0 Å². The van der Waals surface area contributed by atoms with Crippen LogP contribution in [-0.2, 0) is 4.79 Å². The van der Waals surface area contributed by atoms with Gasteiger partial charge in [-0.1, -0.05) is 6.58 Å². The van der Waals surface area contributed by atoms with Crippen LogP contribution in [0.1, 0.15) is 6.92 Å². The minimum Gasteiger partial charge on any atom is -0.351 e. The van der Waals surface area contributed by atoms with Crippen molar-refractivity contribution in [2.75, 3.05) is 26.2 Å². The fraction of sp³-hybridized carbons (Fsp3) is 0.625. The number of amides is 1. The molecule has 1 fully saturated rings. The summed E-state index contributed by atoms with van der Waals surface area (Å²) in [6.07, 6.45) is 0. The zero-order valence-corrected chi connectivity index (χ0v) is 6.89. The number of hydrogen-bond donors (Lipinski definition) is 1. The molecule has 0 bridgehead atoms. The van der Waals surface area contributed by atoms with Crippen LogP contribution in [0.5, 0.6) is 0 Å². The van der Waals surface area contributed by atoms with Crippen molar-refractivity contribution >= 4 is 5.91 Å². The standard InChI is InChI=1S/C8H14N2O/c1-7(2)8(11)9-3-4-10-5-6-10/h1,3-6H2,2H3,(H,9,11). The normalized spacial score (nSPS) is 16.1. The first-order valence-corrected chi connectivity index (χ1v) is 3.86.